The van der Waals surface area contributed by atoms with E-state index in [4.69, 9.17) is 9.47 Å². The maximum absolute atomic E-state index is 5.93. The summed E-state index contributed by atoms with van der Waals surface area (Å²) in [5.41, 5.74) is -0.0945. The van der Waals surface area contributed by atoms with Crippen molar-refractivity contribution in [3.63, 3.8) is 0 Å². The molecule has 1 aliphatic heterocycles. The maximum atomic E-state index is 5.93. The van der Waals surface area contributed by atoms with Gasteiger partial charge in [0.2, 0.25) is 0 Å². The Kier molecular flexibility index (Phi) is 6.13. The lowest BCUT2D eigenvalue weighted by Crippen LogP contribution is -2.26. The van der Waals surface area contributed by atoms with Crippen molar-refractivity contribution < 1.29 is 9.47 Å². The molecule has 108 valence electrons. The van der Waals surface area contributed by atoms with Gasteiger partial charge in [-0.05, 0) is 39.0 Å². The lowest BCUT2D eigenvalue weighted by Gasteiger charge is -2.23. The Morgan fingerprint density at radius 1 is 1.11 bits per heavy atom. The zero-order valence-electron chi connectivity index (χ0n) is 13.2. The average Bonchev–Trinajstić information content (AvgIpc) is 2.95. The molecule has 18 heavy (non-hydrogen) atoms. The van der Waals surface area contributed by atoms with Crippen molar-refractivity contribution in [2.75, 3.05) is 0 Å². The summed E-state index contributed by atoms with van der Waals surface area (Å²) >= 11 is 0. The molecular formula is C16H32O2. The van der Waals surface area contributed by atoms with Gasteiger partial charge < -0.3 is 9.47 Å². The molecule has 1 rings (SSSR count). The number of ether oxygens (including phenoxy) is 2. The molecule has 2 nitrogen and oxygen atoms in total. The molecule has 0 N–H and O–H groups in total. The van der Waals surface area contributed by atoms with E-state index in [-0.39, 0.29) is 11.9 Å². The van der Waals surface area contributed by atoms with Gasteiger partial charge in [-0.3, -0.25) is 0 Å². The third kappa shape index (κ3) is 5.27. The van der Waals surface area contributed by atoms with Crippen molar-refractivity contribution in [1.82, 2.24) is 0 Å². The zero-order valence-corrected chi connectivity index (χ0v) is 13.2. The minimum absolute atomic E-state index is 0.0474. The fraction of sp³-hybridized carbons (Fsp3) is 1.00. The molecule has 1 heterocycles. The molecule has 0 amide bonds. The molecule has 1 fully saturated rings. The van der Waals surface area contributed by atoms with Gasteiger partial charge in [0.05, 0.1) is 5.60 Å². The second-order valence-electron chi connectivity index (χ2n) is 6.77. The summed E-state index contributed by atoms with van der Waals surface area (Å²) in [5.74, 6) is 1.43. The second kappa shape index (κ2) is 6.91. The van der Waals surface area contributed by atoms with Crippen LogP contribution in [-0.2, 0) is 9.47 Å². The van der Waals surface area contributed by atoms with Crippen molar-refractivity contribution in [1.29, 1.82) is 0 Å². The number of epoxide rings is 1. The van der Waals surface area contributed by atoms with Crippen molar-refractivity contribution >= 4 is 0 Å². The van der Waals surface area contributed by atoms with Crippen molar-refractivity contribution in [2.24, 2.45) is 11.8 Å². The average molecular weight is 256 g/mol. The highest BCUT2D eigenvalue weighted by Gasteiger charge is 2.48. The van der Waals surface area contributed by atoms with E-state index >= 15 is 0 Å². The fourth-order valence-electron chi connectivity index (χ4n) is 2.74. The predicted molar refractivity (Wildman–Crippen MR) is 76.6 cm³/mol. The zero-order chi connectivity index (χ0) is 13.8. The first-order chi connectivity index (χ1) is 8.39. The third-order valence-corrected chi connectivity index (χ3v) is 3.74. The number of unbranched alkanes of at least 4 members (excludes halogenated alkanes) is 1. The highest BCUT2D eigenvalue weighted by molar-refractivity contribution is 4.88. The standard InChI is InChI=1S/C16H32O2/c1-7-9-11-13(12(3)10-8-2)14-15(17-14)18-16(4,5)6/h12-15H,7-11H2,1-6H3. The Morgan fingerprint density at radius 2 is 1.78 bits per heavy atom. The summed E-state index contributed by atoms with van der Waals surface area (Å²) in [6, 6.07) is 0. The van der Waals surface area contributed by atoms with Crippen LogP contribution in [0.5, 0.6) is 0 Å². The van der Waals surface area contributed by atoms with Crippen LogP contribution in [-0.4, -0.2) is 18.0 Å². The van der Waals surface area contributed by atoms with Gasteiger partial charge in [0.15, 0.2) is 6.29 Å². The monoisotopic (exact) mass is 256 g/mol. The number of rotatable bonds is 8. The Balaban J connectivity index is 2.47. The molecule has 0 aliphatic carbocycles. The van der Waals surface area contributed by atoms with E-state index < -0.39 is 0 Å². The van der Waals surface area contributed by atoms with E-state index in [1.165, 1.54) is 32.1 Å². The summed E-state index contributed by atoms with van der Waals surface area (Å²) in [5, 5.41) is 0. The van der Waals surface area contributed by atoms with Crippen LogP contribution in [0.25, 0.3) is 0 Å². The van der Waals surface area contributed by atoms with E-state index in [1.807, 2.05) is 0 Å². The maximum Gasteiger partial charge on any atom is 0.185 e. The van der Waals surface area contributed by atoms with Crippen molar-refractivity contribution in [2.45, 2.75) is 91.6 Å². The molecule has 4 atom stereocenters. The van der Waals surface area contributed by atoms with Crippen LogP contribution in [0.4, 0.5) is 0 Å². The number of hydrogen-bond donors (Lipinski definition) is 0. The molecule has 0 spiro atoms. The molecule has 0 radical (unpaired) electrons. The molecule has 0 saturated carbocycles. The van der Waals surface area contributed by atoms with Gasteiger partial charge in [0.25, 0.3) is 0 Å². The SMILES string of the molecule is CCCCC(C(C)CCC)C1OC1OC(C)(C)C. The van der Waals surface area contributed by atoms with E-state index in [1.54, 1.807) is 0 Å². The topological polar surface area (TPSA) is 21.8 Å². The van der Waals surface area contributed by atoms with Crippen LogP contribution in [0.2, 0.25) is 0 Å². The Labute approximate surface area is 113 Å². The van der Waals surface area contributed by atoms with E-state index in [9.17, 15) is 0 Å². The molecule has 0 bridgehead atoms. The van der Waals surface area contributed by atoms with Crippen molar-refractivity contribution in [3.8, 4) is 0 Å². The molecular weight excluding hydrogens is 224 g/mol. The highest BCUT2D eigenvalue weighted by Crippen LogP contribution is 2.40. The predicted octanol–water partition coefficient (Wildman–Crippen LogP) is 4.77. The van der Waals surface area contributed by atoms with Gasteiger partial charge in [-0.2, -0.15) is 0 Å². The largest absolute Gasteiger partial charge is 0.344 e. The van der Waals surface area contributed by atoms with Crippen LogP contribution in [0, 0.1) is 11.8 Å². The van der Waals surface area contributed by atoms with Gasteiger partial charge in [-0.1, -0.05) is 46.5 Å². The van der Waals surface area contributed by atoms with Gasteiger partial charge in [0, 0.05) is 0 Å². The first-order valence-corrected chi connectivity index (χ1v) is 7.72. The summed E-state index contributed by atoms with van der Waals surface area (Å²) in [6.45, 7) is 13.2. The summed E-state index contributed by atoms with van der Waals surface area (Å²) in [7, 11) is 0. The highest BCUT2D eigenvalue weighted by atomic mass is 16.8. The van der Waals surface area contributed by atoms with Crippen LogP contribution in [0.1, 0.15) is 73.6 Å². The molecule has 2 heteroatoms. The lowest BCUT2D eigenvalue weighted by molar-refractivity contribution is -0.0573. The number of hydrogen-bond acceptors (Lipinski definition) is 2. The molecule has 1 aliphatic rings. The molecule has 1 saturated heterocycles. The first-order valence-electron chi connectivity index (χ1n) is 7.72. The summed E-state index contributed by atoms with van der Waals surface area (Å²) < 4.78 is 11.7. The van der Waals surface area contributed by atoms with Crippen LogP contribution >= 0.6 is 0 Å². The first kappa shape index (κ1) is 16.0. The van der Waals surface area contributed by atoms with Crippen LogP contribution < -0.4 is 0 Å². The molecule has 0 aromatic rings. The molecule has 0 aromatic carbocycles. The Hall–Kier alpha value is -0.0800. The van der Waals surface area contributed by atoms with Crippen LogP contribution in [0.15, 0.2) is 0 Å². The van der Waals surface area contributed by atoms with Gasteiger partial charge >= 0.3 is 0 Å². The minimum atomic E-state index is -0.0945. The van der Waals surface area contributed by atoms with E-state index in [2.05, 4.69) is 41.5 Å². The van der Waals surface area contributed by atoms with Crippen LogP contribution in [0.3, 0.4) is 0 Å². The van der Waals surface area contributed by atoms with Gasteiger partial charge in [-0.15, -0.1) is 0 Å². The lowest BCUT2D eigenvalue weighted by atomic mass is 9.84. The Bertz CT molecular complexity index is 232. The Morgan fingerprint density at radius 3 is 2.28 bits per heavy atom. The molecule has 0 aromatic heterocycles. The van der Waals surface area contributed by atoms with Gasteiger partial charge in [0.1, 0.15) is 6.10 Å². The van der Waals surface area contributed by atoms with E-state index in [0.717, 1.165) is 5.92 Å². The van der Waals surface area contributed by atoms with Crippen molar-refractivity contribution in [3.05, 3.63) is 0 Å². The second-order valence-corrected chi connectivity index (χ2v) is 6.77. The third-order valence-electron chi connectivity index (χ3n) is 3.74. The van der Waals surface area contributed by atoms with Gasteiger partial charge in [-0.25, -0.2) is 0 Å². The van der Waals surface area contributed by atoms with E-state index in [0.29, 0.717) is 12.0 Å². The summed E-state index contributed by atoms with van der Waals surface area (Å²) in [6.07, 6.45) is 6.82. The minimum Gasteiger partial charge on any atom is -0.344 e. The fourth-order valence-corrected chi connectivity index (χ4v) is 2.74. The molecule has 4 unspecified atom stereocenters. The smallest absolute Gasteiger partial charge is 0.185 e. The normalized spacial score (nSPS) is 27.0. The quantitative estimate of drug-likeness (QED) is 0.583. The summed E-state index contributed by atoms with van der Waals surface area (Å²) in [4.78, 5) is 0.